The maximum absolute atomic E-state index is 11.6. The topological polar surface area (TPSA) is 59.0 Å². The number of nitrogens with one attached hydrogen (secondary N) is 2. The predicted octanol–water partition coefficient (Wildman–Crippen LogP) is 1.49. The quantitative estimate of drug-likeness (QED) is 0.837. The molecule has 0 bridgehead atoms. The van der Waals surface area contributed by atoms with Gasteiger partial charge in [0.05, 0.1) is 18.4 Å². The van der Waals surface area contributed by atoms with Crippen molar-refractivity contribution in [2.24, 2.45) is 0 Å². The zero-order valence-electron chi connectivity index (χ0n) is 11.8. The van der Waals surface area contributed by atoms with Gasteiger partial charge in [-0.25, -0.2) is 4.68 Å². The van der Waals surface area contributed by atoms with E-state index in [0.717, 1.165) is 11.3 Å². The summed E-state index contributed by atoms with van der Waals surface area (Å²) in [5.74, 6) is -0.00818. The molecule has 2 rings (SSSR count). The Morgan fingerprint density at radius 3 is 2.75 bits per heavy atom. The molecular formula is C15H20N4O. The second kappa shape index (κ2) is 6.86. The number of hydrogen-bond donors (Lipinski definition) is 2. The zero-order valence-corrected chi connectivity index (χ0v) is 11.8. The molecule has 5 heteroatoms. The average Bonchev–Trinajstić information content (AvgIpc) is 2.93. The minimum absolute atomic E-state index is 0.00818. The summed E-state index contributed by atoms with van der Waals surface area (Å²) in [6, 6.07) is 10.2. The van der Waals surface area contributed by atoms with Crippen molar-refractivity contribution in [2.45, 2.75) is 26.4 Å². The molecule has 106 valence electrons. The molecule has 0 aliphatic carbocycles. The van der Waals surface area contributed by atoms with Crippen LogP contribution in [0.3, 0.4) is 0 Å². The maximum atomic E-state index is 11.6. The highest BCUT2D eigenvalue weighted by Crippen LogP contribution is 2.07. The van der Waals surface area contributed by atoms with Crippen molar-refractivity contribution in [1.29, 1.82) is 0 Å². The van der Waals surface area contributed by atoms with Gasteiger partial charge < -0.3 is 10.6 Å². The molecule has 0 unspecified atom stereocenters. The van der Waals surface area contributed by atoms with Crippen molar-refractivity contribution >= 4 is 5.91 Å². The van der Waals surface area contributed by atoms with Crippen LogP contribution in [0.5, 0.6) is 0 Å². The SMILES string of the molecule is CC(C)NCC(=O)NCc1cnn(-c2ccccc2)c1. The van der Waals surface area contributed by atoms with Gasteiger partial charge in [0.15, 0.2) is 0 Å². The van der Waals surface area contributed by atoms with Crippen molar-refractivity contribution in [3.05, 3.63) is 48.3 Å². The molecule has 20 heavy (non-hydrogen) atoms. The Morgan fingerprint density at radius 2 is 2.05 bits per heavy atom. The lowest BCUT2D eigenvalue weighted by Crippen LogP contribution is -2.36. The van der Waals surface area contributed by atoms with Crippen LogP contribution in [0.15, 0.2) is 42.7 Å². The second-order valence-corrected chi connectivity index (χ2v) is 4.94. The monoisotopic (exact) mass is 272 g/mol. The Morgan fingerprint density at radius 1 is 1.30 bits per heavy atom. The minimum atomic E-state index is -0.00818. The van der Waals surface area contributed by atoms with E-state index >= 15 is 0 Å². The molecule has 0 aliphatic heterocycles. The summed E-state index contributed by atoms with van der Waals surface area (Å²) < 4.78 is 1.80. The van der Waals surface area contributed by atoms with E-state index in [2.05, 4.69) is 15.7 Å². The third kappa shape index (κ3) is 4.20. The fourth-order valence-corrected chi connectivity index (χ4v) is 1.73. The van der Waals surface area contributed by atoms with E-state index in [9.17, 15) is 4.79 Å². The third-order valence-electron chi connectivity index (χ3n) is 2.82. The summed E-state index contributed by atoms with van der Waals surface area (Å²) in [7, 11) is 0. The van der Waals surface area contributed by atoms with Crippen LogP contribution in [0.2, 0.25) is 0 Å². The van der Waals surface area contributed by atoms with E-state index in [-0.39, 0.29) is 5.91 Å². The number of carbonyl (C=O) groups is 1. The van der Waals surface area contributed by atoms with E-state index in [0.29, 0.717) is 19.1 Å². The number of benzene rings is 1. The standard InChI is InChI=1S/C15H20N4O/c1-12(2)16-10-15(20)17-8-13-9-18-19(11-13)14-6-4-3-5-7-14/h3-7,9,11-12,16H,8,10H2,1-2H3,(H,17,20). The number of carbonyl (C=O) groups excluding carboxylic acids is 1. The lowest BCUT2D eigenvalue weighted by Gasteiger charge is -2.07. The maximum Gasteiger partial charge on any atom is 0.234 e. The molecule has 1 heterocycles. The van der Waals surface area contributed by atoms with E-state index in [1.165, 1.54) is 0 Å². The van der Waals surface area contributed by atoms with Crippen molar-refractivity contribution in [2.75, 3.05) is 6.54 Å². The predicted molar refractivity (Wildman–Crippen MR) is 78.5 cm³/mol. The first-order chi connectivity index (χ1) is 9.65. The molecule has 1 aromatic carbocycles. The average molecular weight is 272 g/mol. The van der Waals surface area contributed by atoms with E-state index in [4.69, 9.17) is 0 Å². The van der Waals surface area contributed by atoms with Crippen molar-refractivity contribution in [3.8, 4) is 5.69 Å². The molecule has 0 fully saturated rings. The number of hydrogen-bond acceptors (Lipinski definition) is 3. The van der Waals surface area contributed by atoms with Crippen molar-refractivity contribution < 1.29 is 4.79 Å². The van der Waals surface area contributed by atoms with E-state index < -0.39 is 0 Å². The molecule has 0 saturated carbocycles. The molecule has 1 aromatic heterocycles. The summed E-state index contributed by atoms with van der Waals surface area (Å²) in [6.07, 6.45) is 3.69. The minimum Gasteiger partial charge on any atom is -0.351 e. The fourth-order valence-electron chi connectivity index (χ4n) is 1.73. The van der Waals surface area contributed by atoms with Crippen LogP contribution in [0, 0.1) is 0 Å². The highest BCUT2D eigenvalue weighted by atomic mass is 16.1. The summed E-state index contributed by atoms with van der Waals surface area (Å²) >= 11 is 0. The second-order valence-electron chi connectivity index (χ2n) is 4.94. The van der Waals surface area contributed by atoms with Crippen LogP contribution in [0.25, 0.3) is 5.69 Å². The summed E-state index contributed by atoms with van der Waals surface area (Å²) in [6.45, 7) is 4.85. The van der Waals surface area contributed by atoms with Crippen LogP contribution < -0.4 is 10.6 Å². The highest BCUT2D eigenvalue weighted by Gasteiger charge is 2.04. The van der Waals surface area contributed by atoms with Crippen LogP contribution in [-0.4, -0.2) is 28.3 Å². The summed E-state index contributed by atoms with van der Waals surface area (Å²) in [5.41, 5.74) is 1.98. The van der Waals surface area contributed by atoms with Gasteiger partial charge in [0, 0.05) is 24.3 Å². The van der Waals surface area contributed by atoms with Crippen molar-refractivity contribution in [3.63, 3.8) is 0 Å². The lowest BCUT2D eigenvalue weighted by atomic mass is 10.3. The molecule has 5 nitrogen and oxygen atoms in total. The van der Waals surface area contributed by atoms with Gasteiger partial charge in [0.1, 0.15) is 0 Å². The largest absolute Gasteiger partial charge is 0.351 e. The molecule has 0 saturated heterocycles. The van der Waals surface area contributed by atoms with E-state index in [1.54, 1.807) is 10.9 Å². The van der Waals surface area contributed by atoms with Gasteiger partial charge in [-0.1, -0.05) is 32.0 Å². The van der Waals surface area contributed by atoms with Gasteiger partial charge in [-0.3, -0.25) is 4.79 Å². The smallest absolute Gasteiger partial charge is 0.234 e. The van der Waals surface area contributed by atoms with Crippen LogP contribution in [0.1, 0.15) is 19.4 Å². The zero-order chi connectivity index (χ0) is 14.4. The van der Waals surface area contributed by atoms with Gasteiger partial charge in [0.25, 0.3) is 0 Å². The van der Waals surface area contributed by atoms with Crippen LogP contribution in [-0.2, 0) is 11.3 Å². The van der Waals surface area contributed by atoms with Gasteiger partial charge in [-0.15, -0.1) is 0 Å². The Bertz CT molecular complexity index is 548. The molecule has 0 spiro atoms. The number of amides is 1. The normalized spacial score (nSPS) is 10.8. The highest BCUT2D eigenvalue weighted by molar-refractivity contribution is 5.77. The Kier molecular flexibility index (Phi) is 4.90. The number of para-hydroxylation sites is 1. The van der Waals surface area contributed by atoms with E-state index in [1.807, 2.05) is 50.4 Å². The first-order valence-electron chi connectivity index (χ1n) is 6.74. The number of nitrogens with zero attached hydrogens (tertiary/aromatic N) is 2. The molecule has 0 aliphatic rings. The van der Waals surface area contributed by atoms with Gasteiger partial charge >= 0.3 is 0 Å². The van der Waals surface area contributed by atoms with Crippen molar-refractivity contribution in [1.82, 2.24) is 20.4 Å². The molecule has 0 radical (unpaired) electrons. The number of aromatic nitrogens is 2. The fraction of sp³-hybridized carbons (Fsp3) is 0.333. The summed E-state index contributed by atoms with van der Waals surface area (Å²) in [5, 5.41) is 10.2. The summed E-state index contributed by atoms with van der Waals surface area (Å²) in [4.78, 5) is 11.6. The van der Waals surface area contributed by atoms with Crippen LogP contribution >= 0.6 is 0 Å². The molecule has 1 amide bonds. The molecule has 2 N–H and O–H groups in total. The third-order valence-corrected chi connectivity index (χ3v) is 2.82. The Balaban J connectivity index is 1.86. The Hall–Kier alpha value is -2.14. The van der Waals surface area contributed by atoms with Gasteiger partial charge in [-0.05, 0) is 12.1 Å². The van der Waals surface area contributed by atoms with Crippen LogP contribution in [0.4, 0.5) is 0 Å². The van der Waals surface area contributed by atoms with Gasteiger partial charge in [-0.2, -0.15) is 5.10 Å². The molecular weight excluding hydrogens is 252 g/mol. The lowest BCUT2D eigenvalue weighted by molar-refractivity contribution is -0.120. The first-order valence-corrected chi connectivity index (χ1v) is 6.74. The molecule has 2 aromatic rings. The number of rotatable bonds is 6. The Labute approximate surface area is 119 Å². The van der Waals surface area contributed by atoms with Gasteiger partial charge in [0.2, 0.25) is 5.91 Å². The first kappa shape index (κ1) is 14.3. The molecule has 0 atom stereocenters.